The minimum absolute atomic E-state index is 0.200. The van der Waals surface area contributed by atoms with Gasteiger partial charge in [-0.1, -0.05) is 18.2 Å². The fourth-order valence-electron chi connectivity index (χ4n) is 3.33. The molecule has 0 aliphatic carbocycles. The summed E-state index contributed by atoms with van der Waals surface area (Å²) < 4.78 is 25.3. The van der Waals surface area contributed by atoms with Crippen molar-refractivity contribution in [3.8, 4) is 0 Å². The number of hydrazine groups is 1. The highest BCUT2D eigenvalue weighted by Crippen LogP contribution is 2.34. The molecule has 2 N–H and O–H groups in total. The lowest BCUT2D eigenvalue weighted by Crippen LogP contribution is -2.41. The van der Waals surface area contributed by atoms with Gasteiger partial charge in [-0.15, -0.1) is 0 Å². The largest absolute Gasteiger partial charge is 0.269 e. The monoisotopic (exact) mass is 387 g/mol. The molecule has 0 saturated carbocycles. The van der Waals surface area contributed by atoms with Crippen molar-refractivity contribution in [3.63, 3.8) is 0 Å². The summed E-state index contributed by atoms with van der Waals surface area (Å²) in [5.74, 6) is -0.871. The van der Waals surface area contributed by atoms with E-state index in [0.717, 1.165) is 11.1 Å². The maximum atomic E-state index is 12.4. The van der Waals surface area contributed by atoms with Crippen molar-refractivity contribution in [2.75, 3.05) is 10.6 Å². The Morgan fingerprint density at radius 2 is 1.74 bits per heavy atom. The Bertz CT molecular complexity index is 1020. The van der Waals surface area contributed by atoms with Gasteiger partial charge in [0.2, 0.25) is 10.0 Å². The smallest absolute Gasteiger partial charge is 0.267 e. The molecule has 0 saturated heterocycles. The molecule has 0 bridgehead atoms. The van der Waals surface area contributed by atoms with Crippen LogP contribution < -0.4 is 15.2 Å². The van der Waals surface area contributed by atoms with E-state index in [1.165, 1.54) is 10.6 Å². The van der Waals surface area contributed by atoms with Gasteiger partial charge in [-0.05, 0) is 55.7 Å². The van der Waals surface area contributed by atoms with Crippen molar-refractivity contribution in [2.45, 2.75) is 26.3 Å². The Morgan fingerprint density at radius 1 is 1.07 bits per heavy atom. The first kappa shape index (κ1) is 18.9. The molecule has 2 aromatic rings. The molecule has 1 aliphatic rings. The number of amides is 2. The third-order valence-corrected chi connectivity index (χ3v) is 5.80. The number of carbonyl (C=O) groups is 2. The zero-order valence-electron chi connectivity index (χ0n) is 15.3. The molecule has 1 atom stereocenters. The number of hydrogen-bond donors (Lipinski definition) is 2. The predicted octanol–water partition coefficient (Wildman–Crippen LogP) is 1.78. The van der Waals surface area contributed by atoms with Gasteiger partial charge in [0.25, 0.3) is 11.8 Å². The fraction of sp³-hybridized carbons (Fsp3) is 0.263. The molecule has 3 rings (SSSR count). The average Bonchev–Trinajstić information content (AvgIpc) is 2.94. The van der Waals surface area contributed by atoms with E-state index in [-0.39, 0.29) is 6.04 Å². The quantitative estimate of drug-likeness (QED) is 0.785. The van der Waals surface area contributed by atoms with Gasteiger partial charge in [-0.3, -0.25) is 24.7 Å². The number of benzene rings is 2. The van der Waals surface area contributed by atoms with Crippen LogP contribution in [0.4, 0.5) is 5.69 Å². The van der Waals surface area contributed by atoms with Crippen LogP contribution in [-0.4, -0.2) is 32.5 Å². The summed E-state index contributed by atoms with van der Waals surface area (Å²) in [6.07, 6.45) is 1.69. The van der Waals surface area contributed by atoms with Crippen molar-refractivity contribution in [1.29, 1.82) is 0 Å². The molecule has 0 radical (unpaired) electrons. The number of nitrogens with zero attached hydrogens (tertiary/aromatic N) is 1. The molecule has 142 valence electrons. The molecule has 1 aliphatic heterocycles. The van der Waals surface area contributed by atoms with Gasteiger partial charge in [-0.2, -0.15) is 0 Å². The second kappa shape index (κ2) is 7.03. The molecule has 7 nitrogen and oxygen atoms in total. The molecular formula is C19H21N3O4S. The normalized spacial score (nSPS) is 16.0. The molecule has 0 fully saturated rings. The van der Waals surface area contributed by atoms with E-state index in [2.05, 4.69) is 10.9 Å². The van der Waals surface area contributed by atoms with Gasteiger partial charge < -0.3 is 0 Å². The third-order valence-electron chi connectivity index (χ3n) is 4.53. The van der Waals surface area contributed by atoms with E-state index in [0.29, 0.717) is 23.2 Å². The number of rotatable bonds is 3. The number of anilines is 1. The van der Waals surface area contributed by atoms with Crippen LogP contribution in [0.1, 0.15) is 38.8 Å². The molecule has 2 aromatic carbocycles. The van der Waals surface area contributed by atoms with Crippen molar-refractivity contribution in [1.82, 2.24) is 10.9 Å². The first-order valence-electron chi connectivity index (χ1n) is 8.47. The average molecular weight is 387 g/mol. The Hall–Kier alpha value is -2.87. The molecule has 8 heteroatoms. The Morgan fingerprint density at radius 3 is 2.41 bits per heavy atom. The first-order valence-corrected chi connectivity index (χ1v) is 10.3. The zero-order chi connectivity index (χ0) is 19.8. The van der Waals surface area contributed by atoms with Gasteiger partial charge in [-0.25, -0.2) is 8.42 Å². The van der Waals surface area contributed by atoms with Crippen LogP contribution in [0, 0.1) is 6.92 Å². The summed E-state index contributed by atoms with van der Waals surface area (Å²) in [4.78, 5) is 24.6. The molecule has 27 heavy (non-hydrogen) atoms. The van der Waals surface area contributed by atoms with E-state index in [4.69, 9.17) is 0 Å². The van der Waals surface area contributed by atoms with E-state index in [1.54, 1.807) is 30.3 Å². The molecule has 2 amide bonds. The lowest BCUT2D eigenvalue weighted by atomic mass is 10.1. The van der Waals surface area contributed by atoms with Crippen LogP contribution in [-0.2, 0) is 16.4 Å². The number of fused-ring (bicyclic) bond motifs is 1. The SMILES string of the molecule is Cc1ccccc1C(=O)NNC(=O)c1ccc2c(c1)C[C@@H](C)N2S(C)(=O)=O. The van der Waals surface area contributed by atoms with Crippen LogP contribution in [0.15, 0.2) is 42.5 Å². The topological polar surface area (TPSA) is 95.6 Å². The van der Waals surface area contributed by atoms with Crippen LogP contribution in [0.5, 0.6) is 0 Å². The first-order chi connectivity index (χ1) is 12.7. The van der Waals surface area contributed by atoms with Crippen LogP contribution in [0.3, 0.4) is 0 Å². The maximum absolute atomic E-state index is 12.4. The second-order valence-electron chi connectivity index (χ2n) is 6.68. The highest BCUT2D eigenvalue weighted by molar-refractivity contribution is 7.92. The lowest BCUT2D eigenvalue weighted by molar-refractivity contribution is 0.0846. The van der Waals surface area contributed by atoms with Crippen LogP contribution >= 0.6 is 0 Å². The Balaban J connectivity index is 1.73. The summed E-state index contributed by atoms with van der Waals surface area (Å²) >= 11 is 0. The third kappa shape index (κ3) is 3.80. The van der Waals surface area contributed by atoms with Crippen molar-refractivity contribution < 1.29 is 18.0 Å². The summed E-state index contributed by atoms with van der Waals surface area (Å²) in [7, 11) is -3.38. The summed E-state index contributed by atoms with van der Waals surface area (Å²) in [5, 5.41) is 0. The molecule has 0 spiro atoms. The van der Waals surface area contributed by atoms with Gasteiger partial charge >= 0.3 is 0 Å². The minimum atomic E-state index is -3.38. The standard InChI is InChI=1S/C19H21N3O4S/c1-12-6-4-5-7-16(12)19(24)21-20-18(23)14-8-9-17-15(11-14)10-13(2)22(17)27(3,25)26/h4-9,11,13H,10H2,1-3H3,(H,20,23)(H,21,24)/t13-/m1/s1. The van der Waals surface area contributed by atoms with E-state index >= 15 is 0 Å². The molecule has 0 unspecified atom stereocenters. The number of carbonyl (C=O) groups excluding carboxylic acids is 2. The summed E-state index contributed by atoms with van der Waals surface area (Å²) in [6.45, 7) is 3.63. The number of nitrogens with one attached hydrogen (secondary N) is 2. The fourth-order valence-corrected chi connectivity index (χ4v) is 4.59. The predicted molar refractivity (Wildman–Crippen MR) is 103 cm³/mol. The lowest BCUT2D eigenvalue weighted by Gasteiger charge is -2.21. The molecule has 1 heterocycles. The number of sulfonamides is 1. The Labute approximate surface area is 158 Å². The number of aryl methyl sites for hydroxylation is 1. The summed E-state index contributed by atoms with van der Waals surface area (Å²) in [5.41, 5.74) is 7.80. The molecule has 0 aromatic heterocycles. The Kier molecular flexibility index (Phi) is 4.93. The van der Waals surface area contributed by atoms with Gasteiger partial charge in [0.1, 0.15) is 0 Å². The highest BCUT2D eigenvalue weighted by atomic mass is 32.2. The second-order valence-corrected chi connectivity index (χ2v) is 8.54. The van der Waals surface area contributed by atoms with Crippen LogP contribution in [0.25, 0.3) is 0 Å². The zero-order valence-corrected chi connectivity index (χ0v) is 16.1. The van der Waals surface area contributed by atoms with Crippen molar-refractivity contribution in [3.05, 3.63) is 64.7 Å². The van der Waals surface area contributed by atoms with E-state index < -0.39 is 21.8 Å². The summed E-state index contributed by atoms with van der Waals surface area (Å²) in [6, 6.07) is 11.7. The maximum Gasteiger partial charge on any atom is 0.269 e. The minimum Gasteiger partial charge on any atom is -0.267 e. The van der Waals surface area contributed by atoms with E-state index in [9.17, 15) is 18.0 Å². The van der Waals surface area contributed by atoms with E-state index in [1.807, 2.05) is 26.0 Å². The van der Waals surface area contributed by atoms with Crippen LogP contribution in [0.2, 0.25) is 0 Å². The number of hydrogen-bond acceptors (Lipinski definition) is 4. The van der Waals surface area contributed by atoms with Crippen molar-refractivity contribution >= 4 is 27.5 Å². The van der Waals surface area contributed by atoms with Gasteiger partial charge in [0.05, 0.1) is 11.9 Å². The van der Waals surface area contributed by atoms with Gasteiger partial charge in [0.15, 0.2) is 0 Å². The molecular weight excluding hydrogens is 366 g/mol. The highest BCUT2D eigenvalue weighted by Gasteiger charge is 2.32. The van der Waals surface area contributed by atoms with Gasteiger partial charge in [0, 0.05) is 17.2 Å². The van der Waals surface area contributed by atoms with Crippen molar-refractivity contribution in [2.24, 2.45) is 0 Å².